The molecule has 1 N–H and O–H groups in total. The van der Waals surface area contributed by atoms with Crippen molar-refractivity contribution < 1.29 is 5.21 Å². The molecule has 18 heavy (non-hydrogen) atoms. The van der Waals surface area contributed by atoms with Crippen molar-refractivity contribution in [3.63, 3.8) is 0 Å². The highest BCUT2D eigenvalue weighted by Gasteiger charge is 2.34. The molecule has 0 aromatic heterocycles. The standard InChI is InChI=1S/C16H17NO/c1-12-14-9-5-6-10-15(14)16(17(12)18)11-13-7-3-2-4-8-13/h2-10,12,16,18H,11H2,1H3/t12-,16+/m1/s1. The second-order valence-corrected chi connectivity index (χ2v) is 4.89. The summed E-state index contributed by atoms with van der Waals surface area (Å²) >= 11 is 0. The van der Waals surface area contributed by atoms with E-state index in [-0.39, 0.29) is 12.1 Å². The highest BCUT2D eigenvalue weighted by atomic mass is 16.5. The van der Waals surface area contributed by atoms with Crippen LogP contribution in [0.2, 0.25) is 0 Å². The highest BCUT2D eigenvalue weighted by molar-refractivity contribution is 5.37. The molecule has 0 spiro atoms. The molecule has 1 heterocycles. The van der Waals surface area contributed by atoms with E-state index in [2.05, 4.69) is 24.3 Å². The van der Waals surface area contributed by atoms with E-state index < -0.39 is 0 Å². The molecule has 0 unspecified atom stereocenters. The van der Waals surface area contributed by atoms with Gasteiger partial charge in [-0.05, 0) is 30.0 Å². The lowest BCUT2D eigenvalue weighted by molar-refractivity contribution is -0.146. The zero-order valence-corrected chi connectivity index (χ0v) is 10.5. The van der Waals surface area contributed by atoms with E-state index >= 15 is 0 Å². The van der Waals surface area contributed by atoms with Gasteiger partial charge in [-0.3, -0.25) is 0 Å². The van der Waals surface area contributed by atoms with Gasteiger partial charge in [-0.1, -0.05) is 54.6 Å². The molecular formula is C16H17NO. The van der Waals surface area contributed by atoms with E-state index in [4.69, 9.17) is 0 Å². The molecule has 0 saturated carbocycles. The summed E-state index contributed by atoms with van der Waals surface area (Å²) in [5, 5.41) is 11.8. The molecule has 0 radical (unpaired) electrons. The van der Waals surface area contributed by atoms with Crippen LogP contribution < -0.4 is 0 Å². The summed E-state index contributed by atoms with van der Waals surface area (Å²) in [7, 11) is 0. The number of benzene rings is 2. The largest absolute Gasteiger partial charge is 0.313 e. The Hall–Kier alpha value is -1.64. The summed E-state index contributed by atoms with van der Waals surface area (Å²) in [5.41, 5.74) is 3.74. The lowest BCUT2D eigenvalue weighted by Gasteiger charge is -2.21. The van der Waals surface area contributed by atoms with Crippen LogP contribution in [-0.4, -0.2) is 10.3 Å². The fourth-order valence-corrected chi connectivity index (χ4v) is 2.79. The van der Waals surface area contributed by atoms with Gasteiger partial charge in [0.25, 0.3) is 0 Å². The van der Waals surface area contributed by atoms with Gasteiger partial charge in [-0.25, -0.2) is 0 Å². The molecule has 2 atom stereocenters. The summed E-state index contributed by atoms with van der Waals surface area (Å²) in [6.45, 7) is 2.05. The maximum atomic E-state index is 10.3. The number of hydrogen-bond donors (Lipinski definition) is 1. The van der Waals surface area contributed by atoms with E-state index in [1.807, 2.05) is 37.3 Å². The minimum atomic E-state index is 0.0681. The van der Waals surface area contributed by atoms with Gasteiger partial charge < -0.3 is 5.21 Å². The molecule has 2 aromatic rings. The van der Waals surface area contributed by atoms with Gasteiger partial charge >= 0.3 is 0 Å². The average molecular weight is 239 g/mol. The average Bonchev–Trinajstić information content (AvgIpc) is 2.66. The maximum Gasteiger partial charge on any atom is 0.0649 e. The predicted octanol–water partition coefficient (Wildman–Crippen LogP) is 3.74. The van der Waals surface area contributed by atoms with Gasteiger partial charge in [0.2, 0.25) is 0 Å². The second-order valence-electron chi connectivity index (χ2n) is 4.89. The normalized spacial score (nSPS) is 23.0. The van der Waals surface area contributed by atoms with Crippen LogP contribution in [0, 0.1) is 0 Å². The van der Waals surface area contributed by atoms with Crippen molar-refractivity contribution in [2.45, 2.75) is 25.4 Å². The van der Waals surface area contributed by atoms with Crippen LogP contribution in [0.25, 0.3) is 0 Å². The number of rotatable bonds is 2. The first kappa shape index (κ1) is 11.5. The zero-order valence-electron chi connectivity index (χ0n) is 10.5. The fourth-order valence-electron chi connectivity index (χ4n) is 2.79. The van der Waals surface area contributed by atoms with Crippen molar-refractivity contribution in [3.05, 3.63) is 71.3 Å². The van der Waals surface area contributed by atoms with Crippen LogP contribution in [0.15, 0.2) is 54.6 Å². The van der Waals surface area contributed by atoms with E-state index in [9.17, 15) is 5.21 Å². The first-order valence-corrected chi connectivity index (χ1v) is 6.37. The predicted molar refractivity (Wildman–Crippen MR) is 71.4 cm³/mol. The number of fused-ring (bicyclic) bond motifs is 1. The van der Waals surface area contributed by atoms with Crippen LogP contribution >= 0.6 is 0 Å². The minimum Gasteiger partial charge on any atom is -0.313 e. The molecule has 3 rings (SSSR count). The van der Waals surface area contributed by atoms with Crippen molar-refractivity contribution in [1.29, 1.82) is 0 Å². The van der Waals surface area contributed by atoms with Crippen LogP contribution in [0.3, 0.4) is 0 Å². The van der Waals surface area contributed by atoms with Gasteiger partial charge in [-0.2, -0.15) is 5.06 Å². The van der Waals surface area contributed by atoms with Crippen LogP contribution in [0.1, 0.15) is 35.7 Å². The number of hydrogen-bond acceptors (Lipinski definition) is 2. The van der Waals surface area contributed by atoms with E-state index in [1.54, 1.807) is 0 Å². The van der Waals surface area contributed by atoms with Crippen LogP contribution in [-0.2, 0) is 6.42 Å². The Morgan fingerprint density at radius 2 is 1.56 bits per heavy atom. The van der Waals surface area contributed by atoms with Gasteiger partial charge in [0.1, 0.15) is 0 Å². The molecule has 92 valence electrons. The molecule has 0 bridgehead atoms. The molecule has 2 nitrogen and oxygen atoms in total. The lowest BCUT2D eigenvalue weighted by atomic mass is 9.98. The van der Waals surface area contributed by atoms with Crippen molar-refractivity contribution >= 4 is 0 Å². The summed E-state index contributed by atoms with van der Waals surface area (Å²) in [6, 6.07) is 18.8. The molecule has 0 fully saturated rings. The Balaban J connectivity index is 1.93. The molecule has 0 aliphatic carbocycles. The van der Waals surface area contributed by atoms with E-state index in [1.165, 1.54) is 21.8 Å². The number of hydroxylamine groups is 2. The van der Waals surface area contributed by atoms with Crippen molar-refractivity contribution in [2.24, 2.45) is 0 Å². The fraction of sp³-hybridized carbons (Fsp3) is 0.250. The third kappa shape index (κ3) is 1.84. The van der Waals surface area contributed by atoms with Crippen LogP contribution in [0.5, 0.6) is 0 Å². The zero-order chi connectivity index (χ0) is 12.5. The summed E-state index contributed by atoms with van der Waals surface area (Å²) in [5.74, 6) is 0. The molecule has 1 aliphatic rings. The summed E-state index contributed by atoms with van der Waals surface area (Å²) < 4.78 is 0. The lowest BCUT2D eigenvalue weighted by Crippen LogP contribution is -2.22. The monoisotopic (exact) mass is 239 g/mol. The molecular weight excluding hydrogens is 222 g/mol. The Morgan fingerprint density at radius 3 is 2.28 bits per heavy atom. The Morgan fingerprint density at radius 1 is 0.944 bits per heavy atom. The third-order valence-electron chi connectivity index (χ3n) is 3.79. The van der Waals surface area contributed by atoms with Crippen molar-refractivity contribution in [1.82, 2.24) is 5.06 Å². The SMILES string of the molecule is C[C@@H]1c2ccccc2[C@H](Cc2ccccc2)N1O. The van der Waals surface area contributed by atoms with Crippen molar-refractivity contribution in [2.75, 3.05) is 0 Å². The Bertz CT molecular complexity index is 538. The summed E-state index contributed by atoms with van der Waals surface area (Å²) in [4.78, 5) is 0. The Kier molecular flexibility index (Phi) is 2.90. The molecule has 2 aromatic carbocycles. The smallest absolute Gasteiger partial charge is 0.0649 e. The molecule has 1 aliphatic heterocycles. The Labute approximate surface area is 107 Å². The molecule has 0 amide bonds. The van der Waals surface area contributed by atoms with Gasteiger partial charge in [0, 0.05) is 0 Å². The number of nitrogens with zero attached hydrogens (tertiary/aromatic N) is 1. The van der Waals surface area contributed by atoms with Gasteiger partial charge in [0.05, 0.1) is 12.1 Å². The highest BCUT2D eigenvalue weighted by Crippen LogP contribution is 2.41. The van der Waals surface area contributed by atoms with Crippen LogP contribution in [0.4, 0.5) is 0 Å². The summed E-state index contributed by atoms with van der Waals surface area (Å²) in [6.07, 6.45) is 0.846. The van der Waals surface area contributed by atoms with E-state index in [0.29, 0.717) is 0 Å². The van der Waals surface area contributed by atoms with E-state index in [0.717, 1.165) is 6.42 Å². The molecule has 2 heteroatoms. The third-order valence-corrected chi connectivity index (χ3v) is 3.79. The quantitative estimate of drug-likeness (QED) is 0.863. The minimum absolute atomic E-state index is 0.0681. The van der Waals surface area contributed by atoms with Crippen molar-refractivity contribution in [3.8, 4) is 0 Å². The maximum absolute atomic E-state index is 10.3. The second kappa shape index (κ2) is 4.56. The first-order chi connectivity index (χ1) is 8.77. The van der Waals surface area contributed by atoms with Gasteiger partial charge in [0.15, 0.2) is 0 Å². The first-order valence-electron chi connectivity index (χ1n) is 6.37. The van der Waals surface area contributed by atoms with Gasteiger partial charge in [-0.15, -0.1) is 0 Å². The molecule has 0 saturated heterocycles. The topological polar surface area (TPSA) is 23.5 Å².